The molecule has 0 fully saturated rings. The first kappa shape index (κ1) is 20.7. The van der Waals surface area contributed by atoms with E-state index in [0.29, 0.717) is 0 Å². The molecule has 158 valence electrons. The van der Waals surface area contributed by atoms with Crippen LogP contribution in [0.2, 0.25) is 0 Å². The molecule has 0 unspecified atom stereocenters. The molecule has 8 heteroatoms. The van der Waals surface area contributed by atoms with Crippen molar-refractivity contribution in [2.45, 2.75) is 25.2 Å². The zero-order valence-corrected chi connectivity index (χ0v) is 18.1. The Morgan fingerprint density at radius 1 is 1.00 bits per heavy atom. The Balaban J connectivity index is 1.31. The van der Waals surface area contributed by atoms with Crippen LogP contribution in [-0.2, 0) is 16.0 Å². The van der Waals surface area contributed by atoms with Crippen LogP contribution in [0.1, 0.15) is 17.0 Å². The number of H-pyrrole nitrogens is 1. The maximum absolute atomic E-state index is 12.3. The van der Waals surface area contributed by atoms with Gasteiger partial charge in [-0.15, -0.1) is 11.8 Å². The summed E-state index contributed by atoms with van der Waals surface area (Å²) in [5.41, 5.74) is 9.67. The molecule has 3 N–H and O–H groups in total. The number of carbonyl (C=O) groups is 2. The molecular formula is C23H23N5O2S. The number of aromatic nitrogens is 3. The summed E-state index contributed by atoms with van der Waals surface area (Å²) in [6.45, 7) is 3.91. The molecule has 31 heavy (non-hydrogen) atoms. The molecule has 0 saturated carbocycles. The average molecular weight is 434 g/mol. The van der Waals surface area contributed by atoms with Crippen LogP contribution in [0.5, 0.6) is 0 Å². The summed E-state index contributed by atoms with van der Waals surface area (Å²) in [5.74, 6) is -0.369. The topological polar surface area (TPSA) is 91.8 Å². The maximum atomic E-state index is 12.3. The van der Waals surface area contributed by atoms with E-state index in [0.717, 1.165) is 38.4 Å². The third-order valence-electron chi connectivity index (χ3n) is 4.94. The van der Waals surface area contributed by atoms with Gasteiger partial charge in [0, 0.05) is 17.1 Å². The molecule has 2 aromatic carbocycles. The summed E-state index contributed by atoms with van der Waals surface area (Å²) in [7, 11) is 0. The molecule has 2 amide bonds. The van der Waals surface area contributed by atoms with Gasteiger partial charge in [-0.3, -0.25) is 20.4 Å². The number of amides is 2. The van der Waals surface area contributed by atoms with E-state index in [2.05, 4.69) is 20.9 Å². The van der Waals surface area contributed by atoms with Crippen molar-refractivity contribution in [2.24, 2.45) is 0 Å². The zero-order chi connectivity index (χ0) is 21.8. The fraction of sp³-hybridized carbons (Fsp3) is 0.174. The summed E-state index contributed by atoms with van der Waals surface area (Å²) in [5, 5.41) is 5.59. The highest BCUT2D eigenvalue weighted by Crippen LogP contribution is 2.27. The Morgan fingerprint density at radius 3 is 2.52 bits per heavy atom. The van der Waals surface area contributed by atoms with E-state index < -0.39 is 0 Å². The first-order valence-electron chi connectivity index (χ1n) is 9.90. The number of aryl methyl sites for hydroxylation is 1. The molecule has 0 radical (unpaired) electrons. The predicted molar refractivity (Wildman–Crippen MR) is 122 cm³/mol. The second kappa shape index (κ2) is 9.09. The summed E-state index contributed by atoms with van der Waals surface area (Å²) < 4.78 is 1.87. The summed E-state index contributed by atoms with van der Waals surface area (Å²) in [6, 6.07) is 17.7. The third kappa shape index (κ3) is 4.64. The Bertz CT molecular complexity index is 1230. The number of carbonyl (C=O) groups excluding carboxylic acids is 2. The molecule has 4 aromatic rings. The van der Waals surface area contributed by atoms with Crippen LogP contribution in [0.4, 0.5) is 0 Å². The van der Waals surface area contributed by atoms with Gasteiger partial charge in [-0.1, -0.05) is 36.4 Å². The standard InChI is InChI=1S/C23H23N5O2S/c1-15-23(16(2)28(27-15)18-8-4-3-5-9-18)31-14-22(30)26-25-21(29)12-17-13-24-20-11-7-6-10-19(17)20/h3-11,13,24H,12,14H2,1-2H3,(H,25,29)(H,26,30). The van der Waals surface area contributed by atoms with Crippen LogP contribution in [0.3, 0.4) is 0 Å². The number of para-hydroxylation sites is 2. The van der Waals surface area contributed by atoms with Crippen molar-refractivity contribution >= 4 is 34.5 Å². The molecule has 0 atom stereocenters. The van der Waals surface area contributed by atoms with E-state index in [-0.39, 0.29) is 24.0 Å². The van der Waals surface area contributed by atoms with Crippen molar-refractivity contribution in [2.75, 3.05) is 5.75 Å². The van der Waals surface area contributed by atoms with E-state index in [4.69, 9.17) is 0 Å². The normalized spacial score (nSPS) is 10.9. The van der Waals surface area contributed by atoms with Crippen molar-refractivity contribution in [1.29, 1.82) is 0 Å². The van der Waals surface area contributed by atoms with Crippen LogP contribution < -0.4 is 10.9 Å². The summed E-state index contributed by atoms with van der Waals surface area (Å²) in [4.78, 5) is 28.6. The molecule has 7 nitrogen and oxygen atoms in total. The van der Waals surface area contributed by atoms with Gasteiger partial charge in [0.25, 0.3) is 0 Å². The van der Waals surface area contributed by atoms with E-state index in [1.807, 2.05) is 79.3 Å². The molecule has 2 heterocycles. The lowest BCUT2D eigenvalue weighted by atomic mass is 10.1. The number of benzene rings is 2. The minimum Gasteiger partial charge on any atom is -0.361 e. The minimum absolute atomic E-state index is 0.176. The van der Waals surface area contributed by atoms with Gasteiger partial charge in [-0.05, 0) is 37.6 Å². The zero-order valence-electron chi connectivity index (χ0n) is 17.3. The predicted octanol–water partition coefficient (Wildman–Crippen LogP) is 3.45. The van der Waals surface area contributed by atoms with Gasteiger partial charge in [0.2, 0.25) is 11.8 Å². The number of thioether (sulfide) groups is 1. The van der Waals surface area contributed by atoms with E-state index >= 15 is 0 Å². The summed E-state index contributed by atoms with van der Waals surface area (Å²) >= 11 is 1.40. The van der Waals surface area contributed by atoms with Crippen LogP contribution in [0.15, 0.2) is 65.7 Å². The Hall–Kier alpha value is -3.52. The number of aromatic amines is 1. The van der Waals surface area contributed by atoms with Crippen LogP contribution in [0, 0.1) is 13.8 Å². The monoisotopic (exact) mass is 433 g/mol. The minimum atomic E-state index is -0.275. The van der Waals surface area contributed by atoms with Crippen LogP contribution in [-0.4, -0.2) is 32.3 Å². The van der Waals surface area contributed by atoms with Gasteiger partial charge in [0.1, 0.15) is 0 Å². The average Bonchev–Trinajstić information content (AvgIpc) is 3.32. The lowest BCUT2D eigenvalue weighted by Crippen LogP contribution is -2.43. The highest BCUT2D eigenvalue weighted by molar-refractivity contribution is 8.00. The van der Waals surface area contributed by atoms with Crippen molar-refractivity contribution in [1.82, 2.24) is 25.6 Å². The Labute approximate surface area is 184 Å². The molecule has 0 spiro atoms. The summed E-state index contributed by atoms with van der Waals surface area (Å²) in [6.07, 6.45) is 2.00. The number of nitrogens with zero attached hydrogens (tertiary/aromatic N) is 2. The van der Waals surface area contributed by atoms with Crippen molar-refractivity contribution in [3.05, 3.63) is 77.7 Å². The Morgan fingerprint density at radius 2 is 1.71 bits per heavy atom. The lowest BCUT2D eigenvalue weighted by molar-refractivity contribution is -0.127. The number of hydrogen-bond donors (Lipinski definition) is 3. The van der Waals surface area contributed by atoms with Crippen molar-refractivity contribution in [3.8, 4) is 5.69 Å². The SMILES string of the molecule is Cc1nn(-c2ccccc2)c(C)c1SCC(=O)NNC(=O)Cc1c[nH]c2ccccc12. The molecule has 0 saturated heterocycles. The Kier molecular flexibility index (Phi) is 6.08. The van der Waals surface area contributed by atoms with Gasteiger partial charge < -0.3 is 4.98 Å². The van der Waals surface area contributed by atoms with Gasteiger partial charge >= 0.3 is 0 Å². The molecule has 0 bridgehead atoms. The lowest BCUT2D eigenvalue weighted by Gasteiger charge is -2.08. The molecule has 2 aromatic heterocycles. The quantitative estimate of drug-likeness (QED) is 0.321. The van der Waals surface area contributed by atoms with Gasteiger partial charge in [0.05, 0.1) is 34.1 Å². The number of hydrazine groups is 1. The van der Waals surface area contributed by atoms with Gasteiger partial charge in [-0.2, -0.15) is 5.10 Å². The van der Waals surface area contributed by atoms with Crippen molar-refractivity contribution in [3.63, 3.8) is 0 Å². The fourth-order valence-corrected chi connectivity index (χ4v) is 4.36. The van der Waals surface area contributed by atoms with Crippen molar-refractivity contribution < 1.29 is 9.59 Å². The van der Waals surface area contributed by atoms with Gasteiger partial charge in [0.15, 0.2) is 0 Å². The van der Waals surface area contributed by atoms with Gasteiger partial charge in [-0.25, -0.2) is 4.68 Å². The molecular weight excluding hydrogens is 410 g/mol. The highest BCUT2D eigenvalue weighted by Gasteiger charge is 2.15. The van der Waals surface area contributed by atoms with E-state index in [1.54, 1.807) is 0 Å². The molecule has 0 aliphatic heterocycles. The van der Waals surface area contributed by atoms with Crippen LogP contribution >= 0.6 is 11.8 Å². The third-order valence-corrected chi connectivity index (χ3v) is 6.23. The molecule has 0 aliphatic rings. The highest BCUT2D eigenvalue weighted by atomic mass is 32.2. The van der Waals surface area contributed by atoms with Crippen LogP contribution in [0.25, 0.3) is 16.6 Å². The maximum Gasteiger partial charge on any atom is 0.248 e. The number of nitrogens with one attached hydrogen (secondary N) is 3. The fourth-order valence-electron chi connectivity index (χ4n) is 3.47. The number of fused-ring (bicyclic) bond motifs is 1. The first-order chi connectivity index (χ1) is 15.0. The number of hydrogen-bond acceptors (Lipinski definition) is 4. The number of rotatable bonds is 6. The van der Waals surface area contributed by atoms with E-state index in [1.165, 1.54) is 11.8 Å². The second-order valence-electron chi connectivity index (χ2n) is 7.17. The van der Waals surface area contributed by atoms with E-state index in [9.17, 15) is 9.59 Å². The molecule has 0 aliphatic carbocycles. The smallest absolute Gasteiger partial charge is 0.248 e. The second-order valence-corrected chi connectivity index (χ2v) is 8.15. The molecule has 4 rings (SSSR count). The first-order valence-corrected chi connectivity index (χ1v) is 10.9. The largest absolute Gasteiger partial charge is 0.361 e.